The van der Waals surface area contributed by atoms with Gasteiger partial charge in [-0.25, -0.2) is 0 Å². The first kappa shape index (κ1) is 18.6. The molecule has 26 heavy (non-hydrogen) atoms. The minimum atomic E-state index is -0.229. The molecule has 0 aromatic heterocycles. The van der Waals surface area contributed by atoms with E-state index in [1.165, 1.54) is 24.5 Å². The minimum Gasteiger partial charge on any atom is -0.394 e. The normalized spacial score (nSPS) is 24.8. The van der Waals surface area contributed by atoms with E-state index in [4.69, 9.17) is 0 Å². The summed E-state index contributed by atoms with van der Waals surface area (Å²) in [5.41, 5.74) is 3.77. The summed E-state index contributed by atoms with van der Waals surface area (Å²) < 4.78 is 0. The van der Waals surface area contributed by atoms with Gasteiger partial charge in [-0.05, 0) is 36.0 Å². The molecule has 1 fully saturated rings. The first-order valence-electron chi connectivity index (χ1n) is 9.52. The smallest absolute Gasteiger partial charge is 0.220 e. The number of allylic oxidation sites excluding steroid dienone is 2. The lowest BCUT2D eigenvalue weighted by Crippen LogP contribution is -2.68. The molecule has 140 valence electrons. The van der Waals surface area contributed by atoms with Crippen LogP contribution in [0.4, 0.5) is 0 Å². The SMILES string of the molecule is CCC(=O)NC[C@H]1[C@H](c2ccc(C3=CCCC3)cc2)[C@@H](CO)N1C(C)=O. The molecule has 0 radical (unpaired) electrons. The molecule has 0 unspecified atom stereocenters. The molecule has 0 bridgehead atoms. The molecule has 2 aliphatic rings. The highest BCUT2D eigenvalue weighted by Gasteiger charge is 2.49. The van der Waals surface area contributed by atoms with Crippen molar-refractivity contribution in [3.05, 3.63) is 41.5 Å². The molecule has 5 heteroatoms. The van der Waals surface area contributed by atoms with Crippen LogP contribution >= 0.6 is 0 Å². The maximum Gasteiger partial charge on any atom is 0.220 e. The van der Waals surface area contributed by atoms with E-state index >= 15 is 0 Å². The summed E-state index contributed by atoms with van der Waals surface area (Å²) in [6.07, 6.45) is 6.23. The number of nitrogens with zero attached hydrogens (tertiary/aromatic N) is 1. The molecule has 1 aliphatic heterocycles. The van der Waals surface area contributed by atoms with E-state index in [0.29, 0.717) is 13.0 Å². The number of hydrogen-bond acceptors (Lipinski definition) is 3. The van der Waals surface area contributed by atoms with Crippen molar-refractivity contribution in [2.24, 2.45) is 0 Å². The van der Waals surface area contributed by atoms with Gasteiger partial charge < -0.3 is 15.3 Å². The van der Waals surface area contributed by atoms with Crippen molar-refractivity contribution in [2.75, 3.05) is 13.2 Å². The summed E-state index contributed by atoms with van der Waals surface area (Å²) in [5, 5.41) is 12.7. The Morgan fingerprint density at radius 3 is 2.50 bits per heavy atom. The highest BCUT2D eigenvalue weighted by molar-refractivity contribution is 5.77. The summed E-state index contributed by atoms with van der Waals surface area (Å²) in [4.78, 5) is 25.4. The quantitative estimate of drug-likeness (QED) is 0.823. The zero-order chi connectivity index (χ0) is 18.7. The standard InChI is InChI=1S/C21H28N2O3/c1-3-20(26)22-12-18-21(19(13-24)23(18)14(2)25)17-10-8-16(9-11-17)15-6-4-5-7-15/h6,8-11,18-19,21,24H,3-5,7,12-13H2,1-2H3,(H,22,26)/t18-,19+,21-/m0/s1. The zero-order valence-corrected chi connectivity index (χ0v) is 15.6. The largest absolute Gasteiger partial charge is 0.394 e. The molecule has 3 atom stereocenters. The number of hydrogen-bond donors (Lipinski definition) is 2. The summed E-state index contributed by atoms with van der Waals surface area (Å²) in [5.74, 6) is -0.0559. The van der Waals surface area contributed by atoms with Crippen LogP contribution in [-0.2, 0) is 9.59 Å². The van der Waals surface area contributed by atoms with Gasteiger partial charge in [-0.2, -0.15) is 0 Å². The van der Waals surface area contributed by atoms with Crippen molar-refractivity contribution < 1.29 is 14.7 Å². The molecular weight excluding hydrogens is 328 g/mol. The second kappa shape index (κ2) is 8.04. The average molecular weight is 356 g/mol. The fourth-order valence-electron chi connectivity index (χ4n) is 4.28. The Morgan fingerprint density at radius 1 is 1.23 bits per heavy atom. The van der Waals surface area contributed by atoms with Crippen LogP contribution in [0.25, 0.3) is 5.57 Å². The van der Waals surface area contributed by atoms with Gasteiger partial charge in [0.05, 0.1) is 18.7 Å². The first-order valence-corrected chi connectivity index (χ1v) is 9.52. The van der Waals surface area contributed by atoms with Crippen molar-refractivity contribution in [1.82, 2.24) is 10.2 Å². The number of rotatable bonds is 6. The monoisotopic (exact) mass is 356 g/mol. The molecule has 0 saturated carbocycles. The maximum absolute atomic E-state index is 12.0. The third-order valence-corrected chi connectivity index (χ3v) is 5.63. The Kier molecular flexibility index (Phi) is 5.77. The number of carbonyl (C=O) groups excluding carboxylic acids is 2. The fraction of sp³-hybridized carbons (Fsp3) is 0.524. The predicted molar refractivity (Wildman–Crippen MR) is 101 cm³/mol. The minimum absolute atomic E-state index is 0.0248. The topological polar surface area (TPSA) is 69.6 Å². The molecule has 1 heterocycles. The van der Waals surface area contributed by atoms with Gasteiger partial charge >= 0.3 is 0 Å². The number of aliphatic hydroxyl groups excluding tert-OH is 1. The lowest BCUT2D eigenvalue weighted by Gasteiger charge is -2.54. The van der Waals surface area contributed by atoms with Gasteiger partial charge in [0, 0.05) is 25.8 Å². The van der Waals surface area contributed by atoms with E-state index in [-0.39, 0.29) is 36.4 Å². The summed E-state index contributed by atoms with van der Waals surface area (Å²) >= 11 is 0. The van der Waals surface area contributed by atoms with Gasteiger partial charge in [0.2, 0.25) is 11.8 Å². The Bertz CT molecular complexity index is 696. The molecule has 1 aromatic carbocycles. The molecule has 5 nitrogen and oxygen atoms in total. The Balaban J connectivity index is 1.79. The highest BCUT2D eigenvalue weighted by Crippen LogP contribution is 2.41. The lowest BCUT2D eigenvalue weighted by atomic mass is 9.74. The Labute approximate surface area is 155 Å². The molecule has 1 aromatic rings. The zero-order valence-electron chi connectivity index (χ0n) is 15.6. The van der Waals surface area contributed by atoms with Crippen LogP contribution in [-0.4, -0.2) is 47.1 Å². The van der Waals surface area contributed by atoms with E-state index in [1.807, 2.05) is 6.92 Å². The molecular formula is C21H28N2O3. The molecule has 2 amide bonds. The lowest BCUT2D eigenvalue weighted by molar-refractivity contribution is -0.148. The third kappa shape index (κ3) is 3.54. The van der Waals surface area contributed by atoms with Crippen molar-refractivity contribution in [2.45, 2.75) is 57.5 Å². The van der Waals surface area contributed by atoms with E-state index in [9.17, 15) is 14.7 Å². The van der Waals surface area contributed by atoms with Gasteiger partial charge in [0.1, 0.15) is 0 Å². The Morgan fingerprint density at radius 2 is 1.96 bits per heavy atom. The van der Waals surface area contributed by atoms with Crippen LogP contribution in [0.2, 0.25) is 0 Å². The van der Waals surface area contributed by atoms with Crippen LogP contribution < -0.4 is 5.32 Å². The second-order valence-corrected chi connectivity index (χ2v) is 7.17. The number of amides is 2. The van der Waals surface area contributed by atoms with Crippen molar-refractivity contribution >= 4 is 17.4 Å². The Hall–Kier alpha value is -2.14. The molecule has 3 rings (SSSR count). The van der Waals surface area contributed by atoms with E-state index in [0.717, 1.165) is 18.4 Å². The summed E-state index contributed by atoms with van der Waals surface area (Å²) in [6, 6.07) is 8.14. The average Bonchev–Trinajstić information content (AvgIpc) is 3.15. The van der Waals surface area contributed by atoms with Crippen LogP contribution in [0.15, 0.2) is 30.3 Å². The summed E-state index contributed by atoms with van der Waals surface area (Å²) in [6.45, 7) is 3.67. The number of aliphatic hydroxyl groups is 1. The van der Waals surface area contributed by atoms with Crippen LogP contribution in [0.5, 0.6) is 0 Å². The predicted octanol–water partition coefficient (Wildman–Crippen LogP) is 2.46. The third-order valence-electron chi connectivity index (χ3n) is 5.63. The number of benzene rings is 1. The molecule has 1 aliphatic carbocycles. The van der Waals surface area contributed by atoms with Gasteiger partial charge in [-0.15, -0.1) is 0 Å². The van der Waals surface area contributed by atoms with E-state index < -0.39 is 0 Å². The van der Waals surface area contributed by atoms with Crippen LogP contribution in [0.1, 0.15) is 56.6 Å². The number of nitrogens with one attached hydrogen (secondary N) is 1. The van der Waals surface area contributed by atoms with Gasteiger partial charge in [0.25, 0.3) is 0 Å². The van der Waals surface area contributed by atoms with Crippen LogP contribution in [0, 0.1) is 0 Å². The van der Waals surface area contributed by atoms with Gasteiger partial charge in [0.15, 0.2) is 0 Å². The molecule has 0 spiro atoms. The summed E-state index contributed by atoms with van der Waals surface area (Å²) in [7, 11) is 0. The molecule has 2 N–H and O–H groups in total. The molecule has 1 saturated heterocycles. The maximum atomic E-state index is 12.0. The fourth-order valence-corrected chi connectivity index (χ4v) is 4.28. The van der Waals surface area contributed by atoms with Gasteiger partial charge in [-0.1, -0.05) is 37.3 Å². The van der Waals surface area contributed by atoms with Crippen molar-refractivity contribution in [1.29, 1.82) is 0 Å². The van der Waals surface area contributed by atoms with E-state index in [1.54, 1.807) is 4.90 Å². The number of carbonyl (C=O) groups is 2. The number of likely N-dealkylation sites (tertiary alicyclic amines) is 1. The highest BCUT2D eigenvalue weighted by atomic mass is 16.3. The van der Waals surface area contributed by atoms with Gasteiger partial charge in [-0.3, -0.25) is 9.59 Å². The van der Waals surface area contributed by atoms with Crippen molar-refractivity contribution in [3.63, 3.8) is 0 Å². The van der Waals surface area contributed by atoms with E-state index in [2.05, 4.69) is 35.7 Å². The van der Waals surface area contributed by atoms with Crippen molar-refractivity contribution in [3.8, 4) is 0 Å². The van der Waals surface area contributed by atoms with Crippen LogP contribution in [0.3, 0.4) is 0 Å². The second-order valence-electron chi connectivity index (χ2n) is 7.17. The first-order chi connectivity index (χ1) is 12.6.